The molecule has 0 heterocycles. The van der Waals surface area contributed by atoms with E-state index in [1.807, 2.05) is 0 Å². The summed E-state index contributed by atoms with van der Waals surface area (Å²) in [6, 6.07) is 3.76. The van der Waals surface area contributed by atoms with E-state index in [9.17, 15) is 4.79 Å². The van der Waals surface area contributed by atoms with Crippen molar-refractivity contribution in [3.8, 4) is 0 Å². The van der Waals surface area contributed by atoms with Crippen LogP contribution in [0, 0.1) is 0 Å². The summed E-state index contributed by atoms with van der Waals surface area (Å²) >= 11 is 0. The van der Waals surface area contributed by atoms with Crippen LogP contribution in [0.4, 0.5) is 0 Å². The molecule has 0 radical (unpaired) electrons. The first-order valence-electron chi connectivity index (χ1n) is 4.37. The summed E-state index contributed by atoms with van der Waals surface area (Å²) in [5.74, 6) is 0. The first kappa shape index (κ1) is 10.6. The molecule has 0 unspecified atom stereocenters. The van der Waals surface area contributed by atoms with Gasteiger partial charge in [-0.1, -0.05) is 44.6 Å². The van der Waals surface area contributed by atoms with Gasteiger partial charge in [0, 0.05) is 0 Å². The Morgan fingerprint density at radius 1 is 1.09 bits per heavy atom. The van der Waals surface area contributed by atoms with Crippen molar-refractivity contribution < 1.29 is 4.79 Å². The van der Waals surface area contributed by atoms with Crippen molar-refractivity contribution in [2.75, 3.05) is 0 Å². The molecule has 0 aliphatic carbocycles. The Bertz CT molecular complexity index is 128. The van der Waals surface area contributed by atoms with E-state index in [-0.39, 0.29) is 0 Å². The molecule has 1 nitrogen and oxygen atoms in total. The normalized spacial score (nSPS) is 12.3. The van der Waals surface area contributed by atoms with Gasteiger partial charge < -0.3 is 0 Å². The van der Waals surface area contributed by atoms with Gasteiger partial charge in [-0.15, -0.1) is 0 Å². The van der Waals surface area contributed by atoms with E-state index in [1.54, 1.807) is 6.08 Å². The van der Waals surface area contributed by atoms with E-state index in [4.69, 9.17) is 0 Å². The first-order valence-corrected chi connectivity index (χ1v) is 7.07. The minimum absolute atomic E-state index is 0.892. The Hall–Kier alpha value is -0.373. The maximum absolute atomic E-state index is 10.1. The van der Waals surface area contributed by atoms with Crippen LogP contribution in [0.25, 0.3) is 0 Å². The van der Waals surface area contributed by atoms with Crippen LogP contribution in [-0.2, 0) is 4.79 Å². The molecule has 0 fully saturated rings. The summed E-state index contributed by atoms with van der Waals surface area (Å²) < 4.78 is 0. The fraction of sp³-hybridized carbons (Fsp3) is 0.667. The molecule has 0 saturated heterocycles. The highest BCUT2D eigenvalue weighted by molar-refractivity contribution is 6.84. The maximum Gasteiger partial charge on any atom is 0.142 e. The number of carbonyl (C=O) groups is 1. The Morgan fingerprint density at radius 3 is 1.82 bits per heavy atom. The van der Waals surface area contributed by atoms with Crippen LogP contribution in [0.5, 0.6) is 0 Å². The highest BCUT2D eigenvalue weighted by Crippen LogP contribution is 2.20. The molecular formula is C9H18OSi. The molecule has 0 aliphatic rings. The van der Waals surface area contributed by atoms with Crippen molar-refractivity contribution >= 4 is 14.4 Å². The Morgan fingerprint density at radius 2 is 1.55 bits per heavy atom. The van der Waals surface area contributed by atoms with E-state index < -0.39 is 8.07 Å². The van der Waals surface area contributed by atoms with Gasteiger partial charge in [-0.2, -0.15) is 0 Å². The predicted molar refractivity (Wildman–Crippen MR) is 52.4 cm³/mol. The Kier molecular flexibility index (Phi) is 5.12. The van der Waals surface area contributed by atoms with Gasteiger partial charge in [0.25, 0.3) is 0 Å². The summed E-state index contributed by atoms with van der Waals surface area (Å²) in [6.45, 7) is 6.69. The molecule has 11 heavy (non-hydrogen) atoms. The lowest BCUT2D eigenvalue weighted by Crippen LogP contribution is -2.28. The van der Waals surface area contributed by atoms with Gasteiger partial charge in [-0.25, -0.2) is 0 Å². The molecule has 0 aliphatic heterocycles. The van der Waals surface area contributed by atoms with E-state index in [2.05, 4.69) is 26.5 Å². The third kappa shape index (κ3) is 3.02. The van der Waals surface area contributed by atoms with Gasteiger partial charge in [0.2, 0.25) is 0 Å². The third-order valence-corrected chi connectivity index (χ3v) is 7.77. The zero-order valence-corrected chi connectivity index (χ0v) is 8.76. The molecule has 0 aromatic heterocycles. The number of rotatable bonds is 5. The molecule has 64 valence electrons. The number of hydrogen-bond donors (Lipinski definition) is 0. The maximum atomic E-state index is 10.1. The van der Waals surface area contributed by atoms with E-state index in [0.717, 1.165) is 6.29 Å². The second kappa shape index (κ2) is 5.30. The standard InChI is InChI=1S/C9H18OSi/c1-4-11(5-2,6-3)9-7-8-10/h7-9H,4-6H2,1-3H3/b9-7+. The van der Waals surface area contributed by atoms with Crippen LogP contribution in [0.3, 0.4) is 0 Å². The van der Waals surface area contributed by atoms with Gasteiger partial charge in [0.05, 0.1) is 8.07 Å². The van der Waals surface area contributed by atoms with Gasteiger partial charge in [0.15, 0.2) is 0 Å². The molecule has 0 bridgehead atoms. The van der Waals surface area contributed by atoms with Crippen LogP contribution >= 0.6 is 0 Å². The smallest absolute Gasteiger partial charge is 0.142 e. The van der Waals surface area contributed by atoms with Crippen molar-refractivity contribution in [2.45, 2.75) is 38.9 Å². The average molecular weight is 170 g/mol. The zero-order chi connectivity index (χ0) is 8.74. The second-order valence-electron chi connectivity index (χ2n) is 2.92. The molecule has 0 aromatic carbocycles. The lowest BCUT2D eigenvalue weighted by molar-refractivity contribution is -0.104. The van der Waals surface area contributed by atoms with Crippen LogP contribution in [0.1, 0.15) is 20.8 Å². The Balaban J connectivity index is 4.27. The quantitative estimate of drug-likeness (QED) is 0.352. The predicted octanol–water partition coefficient (Wildman–Crippen LogP) is 2.79. The third-order valence-electron chi connectivity index (χ3n) is 2.64. The fourth-order valence-corrected chi connectivity index (χ4v) is 4.04. The van der Waals surface area contributed by atoms with Gasteiger partial charge >= 0.3 is 0 Å². The minimum atomic E-state index is -1.15. The fourth-order valence-electron chi connectivity index (χ4n) is 1.35. The molecule has 0 N–H and O–H groups in total. The summed E-state index contributed by atoms with van der Waals surface area (Å²) in [7, 11) is -1.15. The SMILES string of the molecule is CC[Si](/C=C/C=O)(CC)CC. The molecular weight excluding hydrogens is 152 g/mol. The molecule has 0 rings (SSSR count). The highest BCUT2D eigenvalue weighted by atomic mass is 28.3. The highest BCUT2D eigenvalue weighted by Gasteiger charge is 2.22. The molecule has 0 spiro atoms. The zero-order valence-electron chi connectivity index (χ0n) is 7.76. The van der Waals surface area contributed by atoms with Crippen molar-refractivity contribution in [3.63, 3.8) is 0 Å². The summed E-state index contributed by atoms with van der Waals surface area (Å²) in [5, 5.41) is 0. The summed E-state index contributed by atoms with van der Waals surface area (Å²) in [5.41, 5.74) is 2.18. The molecule has 0 saturated carbocycles. The summed E-state index contributed by atoms with van der Waals surface area (Å²) in [6.07, 6.45) is 2.57. The average Bonchev–Trinajstić information content (AvgIpc) is 2.08. The summed E-state index contributed by atoms with van der Waals surface area (Å²) in [4.78, 5) is 10.1. The molecule has 0 aromatic rings. The molecule has 0 amide bonds. The Labute approximate surface area is 70.5 Å². The number of aldehydes is 1. The van der Waals surface area contributed by atoms with E-state index in [0.29, 0.717) is 0 Å². The van der Waals surface area contributed by atoms with E-state index >= 15 is 0 Å². The minimum Gasteiger partial charge on any atom is -0.299 e. The van der Waals surface area contributed by atoms with Crippen LogP contribution in [-0.4, -0.2) is 14.4 Å². The first-order chi connectivity index (χ1) is 5.24. The lowest BCUT2D eigenvalue weighted by Gasteiger charge is -2.22. The van der Waals surface area contributed by atoms with Gasteiger partial charge in [0.1, 0.15) is 6.29 Å². The van der Waals surface area contributed by atoms with Crippen molar-refractivity contribution in [2.24, 2.45) is 0 Å². The number of carbonyl (C=O) groups excluding carboxylic acids is 1. The number of hydrogen-bond acceptors (Lipinski definition) is 1. The molecule has 0 atom stereocenters. The second-order valence-corrected chi connectivity index (χ2v) is 8.10. The van der Waals surface area contributed by atoms with Crippen LogP contribution in [0.2, 0.25) is 18.1 Å². The van der Waals surface area contributed by atoms with Crippen LogP contribution < -0.4 is 0 Å². The van der Waals surface area contributed by atoms with Gasteiger partial charge in [-0.05, 0) is 6.08 Å². The van der Waals surface area contributed by atoms with Crippen molar-refractivity contribution in [1.82, 2.24) is 0 Å². The topological polar surface area (TPSA) is 17.1 Å². The number of allylic oxidation sites excluding steroid dienone is 1. The van der Waals surface area contributed by atoms with Crippen LogP contribution in [0.15, 0.2) is 11.8 Å². The molecule has 2 heteroatoms. The van der Waals surface area contributed by atoms with Crippen molar-refractivity contribution in [1.29, 1.82) is 0 Å². The van der Waals surface area contributed by atoms with Crippen molar-refractivity contribution in [3.05, 3.63) is 11.8 Å². The monoisotopic (exact) mass is 170 g/mol. The largest absolute Gasteiger partial charge is 0.299 e. The van der Waals surface area contributed by atoms with E-state index in [1.165, 1.54) is 18.1 Å². The van der Waals surface area contributed by atoms with Gasteiger partial charge in [-0.3, -0.25) is 4.79 Å². The lowest BCUT2D eigenvalue weighted by atomic mass is 10.7.